The number of rotatable bonds is 21. The zero-order valence-corrected chi connectivity index (χ0v) is 41.8. The van der Waals surface area contributed by atoms with Gasteiger partial charge < -0.3 is 39.8 Å². The molecule has 0 aromatic heterocycles. The van der Waals surface area contributed by atoms with Crippen LogP contribution >= 0.6 is 23.2 Å². The number of esters is 1. The van der Waals surface area contributed by atoms with E-state index < -0.39 is 23.1 Å². The first kappa shape index (κ1) is 53.9. The minimum absolute atomic E-state index is 0.105. The Morgan fingerprint density at radius 2 is 1.00 bits per heavy atom. The van der Waals surface area contributed by atoms with E-state index in [0.29, 0.717) is 72.0 Å². The second-order valence-electron chi connectivity index (χ2n) is 17.2. The number of phenolic OH excluding ortho intramolecular Hbond substituents is 1. The third-order valence-corrected chi connectivity index (χ3v) is 11.3. The topological polar surface area (TPSA) is 170 Å². The lowest BCUT2D eigenvalue weighted by Crippen LogP contribution is -2.39. The standard InChI is InChI=1S/C29H32ClNO5.C27H28ClNO5/c1-4-5-18-35-26-15-12-23(30)19-25(26)27(32)31-17-16-20-6-8-21(9-7-20)22-10-13-24(14-11-22)36-29(2,3)28(33)34;1-4-33-26(32)27(2,3)34-22-12-9-20(10-13-22)19-7-5-18(6-8-19)15-16-29-25(31)23-17-21(28)11-14-24(23)30/h6-15,19H,4-5,16-18H2,1-3H3,(H,31,32)(H,33,34);5-14,17,30H,4,15-16H2,1-3H3,(H,29,31). The van der Waals surface area contributed by atoms with Crippen molar-refractivity contribution in [1.29, 1.82) is 0 Å². The highest BCUT2D eigenvalue weighted by Crippen LogP contribution is 2.28. The van der Waals surface area contributed by atoms with Gasteiger partial charge in [-0.1, -0.05) is 109 Å². The first-order chi connectivity index (χ1) is 33.4. The smallest absolute Gasteiger partial charge is 0.349 e. The molecule has 6 rings (SSSR count). The van der Waals surface area contributed by atoms with E-state index in [1.54, 1.807) is 51.1 Å². The Balaban J connectivity index is 0.000000261. The van der Waals surface area contributed by atoms with Gasteiger partial charge in [0.2, 0.25) is 0 Å². The van der Waals surface area contributed by atoms with Gasteiger partial charge in [0.05, 0.1) is 24.3 Å². The molecule has 14 heteroatoms. The maximum Gasteiger partial charge on any atom is 0.349 e. The normalized spacial score (nSPS) is 11.1. The summed E-state index contributed by atoms with van der Waals surface area (Å²) < 4.78 is 22.2. The van der Waals surface area contributed by atoms with Crippen LogP contribution in [0.4, 0.5) is 0 Å². The number of carbonyl (C=O) groups is 4. The van der Waals surface area contributed by atoms with Crippen LogP contribution in [0.3, 0.4) is 0 Å². The van der Waals surface area contributed by atoms with E-state index in [4.69, 9.17) is 42.1 Å². The van der Waals surface area contributed by atoms with Crippen LogP contribution in [0, 0.1) is 0 Å². The highest BCUT2D eigenvalue weighted by molar-refractivity contribution is 6.31. The number of unbranched alkanes of at least 4 members (excludes halogenated alkanes) is 1. The average molecular weight is 992 g/mol. The number of amides is 2. The summed E-state index contributed by atoms with van der Waals surface area (Å²) in [4.78, 5) is 48.3. The highest BCUT2D eigenvalue weighted by Gasteiger charge is 2.32. The molecule has 0 aliphatic carbocycles. The molecule has 2 amide bonds. The zero-order valence-electron chi connectivity index (χ0n) is 40.3. The van der Waals surface area contributed by atoms with Crippen molar-refractivity contribution in [2.24, 2.45) is 0 Å². The number of benzene rings is 6. The van der Waals surface area contributed by atoms with Crippen molar-refractivity contribution in [3.8, 4) is 45.3 Å². The first-order valence-electron chi connectivity index (χ1n) is 23.0. The second kappa shape index (κ2) is 25.5. The largest absolute Gasteiger partial charge is 0.507 e. The van der Waals surface area contributed by atoms with Gasteiger partial charge in [0.1, 0.15) is 23.0 Å². The molecule has 0 atom stereocenters. The van der Waals surface area contributed by atoms with Crippen LogP contribution in [0.5, 0.6) is 23.0 Å². The Bertz CT molecular complexity index is 2690. The van der Waals surface area contributed by atoms with Crippen molar-refractivity contribution in [3.05, 3.63) is 166 Å². The molecule has 0 bridgehead atoms. The number of halogens is 2. The summed E-state index contributed by atoms with van der Waals surface area (Å²) in [5.74, 6) is -0.497. The molecular formula is C56H60Cl2N2O10. The third kappa shape index (κ3) is 16.0. The van der Waals surface area contributed by atoms with Crippen LogP contribution in [-0.2, 0) is 27.2 Å². The molecule has 0 spiro atoms. The van der Waals surface area contributed by atoms with Crippen molar-refractivity contribution in [2.75, 3.05) is 26.3 Å². The van der Waals surface area contributed by atoms with E-state index in [2.05, 4.69) is 17.6 Å². The number of ether oxygens (including phenoxy) is 4. The summed E-state index contributed by atoms with van der Waals surface area (Å²) in [6.07, 6.45) is 3.25. The maximum atomic E-state index is 12.7. The van der Waals surface area contributed by atoms with Crippen LogP contribution in [0.1, 0.15) is 86.2 Å². The number of nitrogens with one attached hydrogen (secondary N) is 2. The van der Waals surface area contributed by atoms with Crippen molar-refractivity contribution >= 4 is 47.0 Å². The number of hydrogen-bond acceptors (Lipinski definition) is 9. The summed E-state index contributed by atoms with van der Waals surface area (Å²) >= 11 is 12.0. The molecule has 6 aromatic rings. The fraction of sp³-hybridized carbons (Fsp3) is 0.286. The SMILES string of the molecule is CCCCOc1ccc(Cl)cc1C(=O)NCCc1ccc(-c2ccc(OC(C)(C)C(=O)O)cc2)cc1.CCOC(=O)C(C)(C)Oc1ccc(-c2ccc(CCNC(=O)c3cc(Cl)ccc3O)cc2)cc1. The summed E-state index contributed by atoms with van der Waals surface area (Å²) in [5, 5.41) is 25.7. The Morgan fingerprint density at radius 1 is 0.571 bits per heavy atom. The van der Waals surface area contributed by atoms with Crippen molar-refractivity contribution in [2.45, 2.75) is 78.4 Å². The predicted molar refractivity (Wildman–Crippen MR) is 274 cm³/mol. The van der Waals surface area contributed by atoms with Gasteiger partial charge in [-0.3, -0.25) is 9.59 Å². The van der Waals surface area contributed by atoms with E-state index in [-0.39, 0.29) is 23.1 Å². The van der Waals surface area contributed by atoms with E-state index in [9.17, 15) is 29.4 Å². The zero-order chi connectivity index (χ0) is 50.8. The third-order valence-electron chi connectivity index (χ3n) is 10.9. The van der Waals surface area contributed by atoms with E-state index >= 15 is 0 Å². The lowest BCUT2D eigenvalue weighted by atomic mass is 10.0. The van der Waals surface area contributed by atoms with E-state index in [1.165, 1.54) is 32.0 Å². The van der Waals surface area contributed by atoms with Crippen LogP contribution in [-0.4, -0.2) is 71.5 Å². The Morgan fingerprint density at radius 3 is 1.46 bits per heavy atom. The van der Waals surface area contributed by atoms with Gasteiger partial charge in [-0.15, -0.1) is 0 Å². The molecule has 0 saturated heterocycles. The van der Waals surface area contributed by atoms with Crippen molar-refractivity contribution in [1.82, 2.24) is 10.6 Å². The summed E-state index contributed by atoms with van der Waals surface area (Å²) in [6, 6.07) is 40.4. The lowest BCUT2D eigenvalue weighted by Gasteiger charge is -2.24. The fourth-order valence-corrected chi connectivity index (χ4v) is 7.14. The molecule has 70 heavy (non-hydrogen) atoms. The summed E-state index contributed by atoms with van der Waals surface area (Å²) in [7, 11) is 0. The van der Waals surface area contributed by atoms with Gasteiger partial charge >= 0.3 is 11.9 Å². The van der Waals surface area contributed by atoms with Gasteiger partial charge in [-0.25, -0.2) is 9.59 Å². The summed E-state index contributed by atoms with van der Waals surface area (Å²) in [6.45, 7) is 12.0. The molecular weight excluding hydrogens is 932 g/mol. The molecule has 0 saturated carbocycles. The number of aromatic hydroxyl groups is 1. The lowest BCUT2D eigenvalue weighted by molar-refractivity contribution is -0.158. The Hall–Kier alpha value is -7.02. The Kier molecular flexibility index (Phi) is 19.7. The van der Waals surface area contributed by atoms with Gasteiger partial charge in [-0.2, -0.15) is 0 Å². The Labute approximate surface area is 419 Å². The monoisotopic (exact) mass is 990 g/mol. The van der Waals surface area contributed by atoms with Crippen LogP contribution in [0.25, 0.3) is 22.3 Å². The second-order valence-corrected chi connectivity index (χ2v) is 18.1. The molecule has 0 aliphatic heterocycles. The van der Waals surface area contributed by atoms with Crippen LogP contribution in [0.2, 0.25) is 10.0 Å². The van der Waals surface area contributed by atoms with Crippen LogP contribution in [0.15, 0.2) is 133 Å². The van der Waals surface area contributed by atoms with Crippen LogP contribution < -0.4 is 24.8 Å². The molecule has 0 fully saturated rings. The molecule has 0 heterocycles. The van der Waals surface area contributed by atoms with Gasteiger partial charge in [0, 0.05) is 23.1 Å². The number of carboxylic acid groups (broad SMARTS) is 1. The molecule has 12 nitrogen and oxygen atoms in total. The average Bonchev–Trinajstić information content (AvgIpc) is 3.33. The highest BCUT2D eigenvalue weighted by atomic mass is 35.5. The quantitative estimate of drug-likeness (QED) is 0.0402. The van der Waals surface area contributed by atoms with Crippen molar-refractivity contribution in [3.63, 3.8) is 0 Å². The maximum absolute atomic E-state index is 12.7. The molecule has 4 N–H and O–H groups in total. The predicted octanol–water partition coefficient (Wildman–Crippen LogP) is 11.8. The van der Waals surface area contributed by atoms with Gasteiger partial charge in [0.25, 0.3) is 11.8 Å². The molecule has 368 valence electrons. The molecule has 0 unspecified atom stereocenters. The molecule has 0 radical (unpaired) electrons. The number of hydrogen-bond donors (Lipinski definition) is 4. The van der Waals surface area contributed by atoms with E-state index in [0.717, 1.165) is 46.2 Å². The molecule has 0 aliphatic rings. The minimum Gasteiger partial charge on any atom is -0.507 e. The number of aliphatic carboxylic acids is 1. The first-order valence-corrected chi connectivity index (χ1v) is 23.8. The molecule has 6 aromatic carbocycles. The number of phenols is 1. The fourth-order valence-electron chi connectivity index (χ4n) is 6.79. The van der Waals surface area contributed by atoms with Gasteiger partial charge in [0.15, 0.2) is 11.2 Å². The summed E-state index contributed by atoms with van der Waals surface area (Å²) in [5.41, 5.74) is 4.45. The minimum atomic E-state index is -1.30. The number of carbonyl (C=O) groups excluding carboxylic acids is 3. The van der Waals surface area contributed by atoms with Gasteiger partial charge in [-0.05, 0) is 148 Å². The van der Waals surface area contributed by atoms with Crippen molar-refractivity contribution < 1.29 is 48.3 Å². The number of carboxylic acids is 1. The van der Waals surface area contributed by atoms with E-state index in [1.807, 2.05) is 84.9 Å².